The van der Waals surface area contributed by atoms with Crippen molar-refractivity contribution >= 4 is 12.0 Å². The molecule has 1 aliphatic rings. The molecule has 6 heteroatoms. The molecule has 2 N–H and O–H groups in total. The lowest BCUT2D eigenvalue weighted by molar-refractivity contribution is -0.139. The van der Waals surface area contributed by atoms with Gasteiger partial charge in [0.05, 0.1) is 12.5 Å². The lowest BCUT2D eigenvalue weighted by Crippen LogP contribution is -2.54. The van der Waals surface area contributed by atoms with Gasteiger partial charge in [-0.15, -0.1) is 0 Å². The second-order valence-corrected chi connectivity index (χ2v) is 5.10. The van der Waals surface area contributed by atoms with Crippen molar-refractivity contribution in [1.29, 1.82) is 0 Å². The van der Waals surface area contributed by atoms with Gasteiger partial charge in [0.15, 0.2) is 0 Å². The van der Waals surface area contributed by atoms with Crippen LogP contribution < -0.4 is 5.32 Å². The van der Waals surface area contributed by atoms with Crippen molar-refractivity contribution < 1.29 is 19.1 Å². The molecule has 1 atom stereocenters. The smallest absolute Gasteiger partial charge is 0.317 e. The zero-order valence-electron chi connectivity index (χ0n) is 11.2. The Bertz CT molecular complexity index is 515. The molecule has 2 rings (SSSR count). The van der Waals surface area contributed by atoms with Crippen molar-refractivity contribution in [2.75, 3.05) is 13.1 Å². The Balaban J connectivity index is 1.82. The predicted octanol–water partition coefficient (Wildman–Crippen LogP) is 2.00. The SMILES string of the molecule is CC(NC(=O)N1CC(CC(=O)O)C1)c1cccc(F)c1. The summed E-state index contributed by atoms with van der Waals surface area (Å²) in [6, 6.07) is 5.54. The van der Waals surface area contributed by atoms with Crippen LogP contribution in [-0.2, 0) is 4.79 Å². The van der Waals surface area contributed by atoms with Gasteiger partial charge in [-0.3, -0.25) is 4.79 Å². The summed E-state index contributed by atoms with van der Waals surface area (Å²) in [6.45, 7) is 2.68. The van der Waals surface area contributed by atoms with Crippen LogP contribution in [0, 0.1) is 11.7 Å². The van der Waals surface area contributed by atoms with Crippen molar-refractivity contribution in [3.8, 4) is 0 Å². The molecule has 1 aromatic carbocycles. The van der Waals surface area contributed by atoms with Crippen LogP contribution in [0.5, 0.6) is 0 Å². The lowest BCUT2D eigenvalue weighted by atomic mass is 9.97. The molecular formula is C14H17FN2O3. The first kappa shape index (κ1) is 14.3. The zero-order chi connectivity index (χ0) is 14.7. The number of carboxylic acid groups (broad SMARTS) is 1. The maximum Gasteiger partial charge on any atom is 0.317 e. The Morgan fingerprint density at radius 2 is 2.20 bits per heavy atom. The minimum atomic E-state index is -0.844. The van der Waals surface area contributed by atoms with Crippen molar-refractivity contribution in [1.82, 2.24) is 10.2 Å². The van der Waals surface area contributed by atoms with Crippen LogP contribution in [-0.4, -0.2) is 35.1 Å². The van der Waals surface area contributed by atoms with Gasteiger partial charge in [0.1, 0.15) is 5.82 Å². The minimum Gasteiger partial charge on any atom is -0.481 e. The van der Waals surface area contributed by atoms with Gasteiger partial charge in [-0.25, -0.2) is 9.18 Å². The van der Waals surface area contributed by atoms with E-state index >= 15 is 0 Å². The fourth-order valence-electron chi connectivity index (χ4n) is 2.25. The third-order valence-corrected chi connectivity index (χ3v) is 3.40. The number of carbonyl (C=O) groups is 2. The molecule has 1 aliphatic heterocycles. The lowest BCUT2D eigenvalue weighted by Gasteiger charge is -2.39. The van der Waals surface area contributed by atoms with Crippen LogP contribution in [0.25, 0.3) is 0 Å². The Hall–Kier alpha value is -2.11. The van der Waals surface area contributed by atoms with E-state index in [9.17, 15) is 14.0 Å². The van der Waals surface area contributed by atoms with Crippen molar-refractivity contribution in [2.24, 2.45) is 5.92 Å². The molecule has 0 spiro atoms. The third kappa shape index (κ3) is 3.46. The van der Waals surface area contributed by atoms with Gasteiger partial charge in [0.25, 0.3) is 0 Å². The summed E-state index contributed by atoms with van der Waals surface area (Å²) in [5.41, 5.74) is 0.695. The van der Waals surface area contributed by atoms with Gasteiger partial charge >= 0.3 is 12.0 Å². The molecule has 5 nitrogen and oxygen atoms in total. The summed E-state index contributed by atoms with van der Waals surface area (Å²) < 4.78 is 13.1. The molecule has 1 fully saturated rings. The van der Waals surface area contributed by atoms with Gasteiger partial charge in [-0.2, -0.15) is 0 Å². The number of aliphatic carboxylic acids is 1. The summed E-state index contributed by atoms with van der Waals surface area (Å²) in [4.78, 5) is 24.0. The fourth-order valence-corrected chi connectivity index (χ4v) is 2.25. The number of rotatable bonds is 4. The molecule has 0 aliphatic carbocycles. The Labute approximate surface area is 116 Å². The molecule has 1 unspecified atom stereocenters. The van der Waals surface area contributed by atoms with E-state index in [1.54, 1.807) is 24.0 Å². The van der Waals surface area contributed by atoms with E-state index in [0.29, 0.717) is 18.7 Å². The molecule has 2 amide bonds. The number of urea groups is 1. The summed E-state index contributed by atoms with van der Waals surface area (Å²) in [5.74, 6) is -1.15. The number of carbonyl (C=O) groups excluding carboxylic acids is 1. The monoisotopic (exact) mass is 280 g/mol. The minimum absolute atomic E-state index is 0.0303. The number of amides is 2. The molecule has 0 saturated carbocycles. The van der Waals surface area contributed by atoms with Crippen LogP contribution in [0.2, 0.25) is 0 Å². The van der Waals surface area contributed by atoms with Crippen molar-refractivity contribution in [3.63, 3.8) is 0 Å². The Kier molecular flexibility index (Phi) is 4.22. The highest BCUT2D eigenvalue weighted by atomic mass is 19.1. The molecule has 0 aromatic heterocycles. The average Bonchev–Trinajstić information content (AvgIpc) is 2.32. The van der Waals surface area contributed by atoms with E-state index < -0.39 is 5.97 Å². The topological polar surface area (TPSA) is 69.6 Å². The number of hydrogen-bond donors (Lipinski definition) is 2. The molecule has 0 radical (unpaired) electrons. The second-order valence-electron chi connectivity index (χ2n) is 5.10. The number of hydrogen-bond acceptors (Lipinski definition) is 2. The molecule has 1 saturated heterocycles. The third-order valence-electron chi connectivity index (χ3n) is 3.40. The van der Waals surface area contributed by atoms with Crippen molar-refractivity contribution in [2.45, 2.75) is 19.4 Å². The summed E-state index contributed by atoms with van der Waals surface area (Å²) in [5, 5.41) is 11.4. The Morgan fingerprint density at radius 3 is 2.80 bits per heavy atom. The zero-order valence-corrected chi connectivity index (χ0v) is 11.2. The van der Waals surface area contributed by atoms with E-state index in [1.165, 1.54) is 12.1 Å². The van der Waals surface area contributed by atoms with E-state index in [-0.39, 0.29) is 30.2 Å². The Morgan fingerprint density at radius 1 is 1.50 bits per heavy atom. The van der Waals surface area contributed by atoms with Crippen molar-refractivity contribution in [3.05, 3.63) is 35.6 Å². The maximum absolute atomic E-state index is 13.1. The number of nitrogens with one attached hydrogen (secondary N) is 1. The van der Waals surface area contributed by atoms with Gasteiger partial charge in [-0.05, 0) is 24.6 Å². The highest BCUT2D eigenvalue weighted by Gasteiger charge is 2.32. The molecule has 0 bridgehead atoms. The van der Waals surface area contributed by atoms with Crippen LogP contribution in [0.15, 0.2) is 24.3 Å². The number of carboxylic acids is 1. The number of benzene rings is 1. The first-order valence-corrected chi connectivity index (χ1v) is 6.48. The van der Waals surface area contributed by atoms with E-state index in [4.69, 9.17) is 5.11 Å². The van der Waals surface area contributed by atoms with Crippen LogP contribution in [0.3, 0.4) is 0 Å². The average molecular weight is 280 g/mol. The van der Waals surface area contributed by atoms with Crippen LogP contribution >= 0.6 is 0 Å². The summed E-state index contributed by atoms with van der Waals surface area (Å²) >= 11 is 0. The van der Waals surface area contributed by atoms with Crippen LogP contribution in [0.4, 0.5) is 9.18 Å². The largest absolute Gasteiger partial charge is 0.481 e. The number of nitrogens with zero attached hydrogens (tertiary/aromatic N) is 1. The summed E-state index contributed by atoms with van der Waals surface area (Å²) in [6.07, 6.45) is 0.0865. The molecule has 20 heavy (non-hydrogen) atoms. The van der Waals surface area contributed by atoms with E-state index in [2.05, 4.69) is 5.32 Å². The predicted molar refractivity (Wildman–Crippen MR) is 70.7 cm³/mol. The van der Waals surface area contributed by atoms with E-state index in [1.807, 2.05) is 0 Å². The van der Waals surface area contributed by atoms with E-state index in [0.717, 1.165) is 0 Å². The summed E-state index contributed by atoms with van der Waals surface area (Å²) in [7, 11) is 0. The maximum atomic E-state index is 13.1. The first-order chi connectivity index (χ1) is 9.45. The van der Waals surface area contributed by atoms with Gasteiger partial charge in [0, 0.05) is 19.0 Å². The quantitative estimate of drug-likeness (QED) is 0.886. The van der Waals surface area contributed by atoms with Crippen LogP contribution in [0.1, 0.15) is 24.9 Å². The van der Waals surface area contributed by atoms with Gasteiger partial charge < -0.3 is 15.3 Å². The fraction of sp³-hybridized carbons (Fsp3) is 0.429. The number of halogens is 1. The highest BCUT2D eigenvalue weighted by molar-refractivity contribution is 5.76. The molecular weight excluding hydrogens is 263 g/mol. The number of likely N-dealkylation sites (tertiary alicyclic amines) is 1. The first-order valence-electron chi connectivity index (χ1n) is 6.48. The standard InChI is InChI=1S/C14H17FN2O3/c1-9(11-3-2-4-12(15)6-11)16-14(20)17-7-10(8-17)5-13(18)19/h2-4,6,9-10H,5,7-8H2,1H3,(H,16,20)(H,18,19). The van der Waals surface area contributed by atoms with Gasteiger partial charge in [0.2, 0.25) is 0 Å². The van der Waals surface area contributed by atoms with Gasteiger partial charge in [-0.1, -0.05) is 12.1 Å². The normalized spacial score (nSPS) is 16.4. The molecule has 1 aromatic rings. The molecule has 108 valence electrons. The second kappa shape index (κ2) is 5.90. The molecule has 1 heterocycles. The highest BCUT2D eigenvalue weighted by Crippen LogP contribution is 2.20.